The molecule has 9 heteroatoms. The summed E-state index contributed by atoms with van der Waals surface area (Å²) in [6, 6.07) is 10.0. The number of fused-ring (bicyclic) bond motifs is 5. The molecule has 2 bridgehead atoms. The summed E-state index contributed by atoms with van der Waals surface area (Å²) in [5.41, 5.74) is 2.11. The largest absolute Gasteiger partial charge is 0.355 e. The predicted molar refractivity (Wildman–Crippen MR) is 132 cm³/mol. The van der Waals surface area contributed by atoms with Crippen molar-refractivity contribution in [3.8, 4) is 5.69 Å². The Morgan fingerprint density at radius 1 is 1.09 bits per heavy atom. The maximum atomic E-state index is 12.7. The number of guanidine groups is 1. The molecule has 1 aromatic heterocycles. The van der Waals surface area contributed by atoms with Gasteiger partial charge in [0.15, 0.2) is 5.96 Å². The first-order chi connectivity index (χ1) is 15.2. The second-order valence-electron chi connectivity index (χ2n) is 8.30. The normalized spacial score (nSPS) is 25.8. The van der Waals surface area contributed by atoms with Crippen LogP contribution in [0.4, 0.5) is 0 Å². The molecule has 0 radical (unpaired) electrons. The quantitative estimate of drug-likeness (QED) is 0.190. The van der Waals surface area contributed by atoms with Gasteiger partial charge in [0, 0.05) is 39.1 Å². The number of allylic oxidation sites excluding steroid dienone is 2. The highest BCUT2D eigenvalue weighted by Gasteiger charge is 2.58. The second kappa shape index (κ2) is 9.43. The summed E-state index contributed by atoms with van der Waals surface area (Å²) in [4.78, 5) is 31.2. The number of carbonyl (C=O) groups is 2. The fourth-order valence-corrected chi connectivity index (χ4v) is 5.07. The number of likely N-dealkylation sites (tertiary alicyclic amines) is 1. The van der Waals surface area contributed by atoms with E-state index in [-0.39, 0.29) is 59.5 Å². The molecule has 3 aliphatic rings. The van der Waals surface area contributed by atoms with Crippen LogP contribution in [0.5, 0.6) is 0 Å². The van der Waals surface area contributed by atoms with E-state index in [1.54, 1.807) is 13.2 Å². The first-order valence-electron chi connectivity index (χ1n) is 10.7. The third kappa shape index (κ3) is 4.05. The average molecular weight is 546 g/mol. The van der Waals surface area contributed by atoms with Gasteiger partial charge in [-0.25, -0.2) is 4.68 Å². The van der Waals surface area contributed by atoms with Crippen molar-refractivity contribution in [3.63, 3.8) is 0 Å². The van der Waals surface area contributed by atoms with Gasteiger partial charge in [-0.1, -0.05) is 24.3 Å². The van der Waals surface area contributed by atoms with Crippen LogP contribution >= 0.6 is 24.0 Å². The molecule has 2 aromatic rings. The molecular weight excluding hydrogens is 519 g/mol. The van der Waals surface area contributed by atoms with Gasteiger partial charge in [-0.3, -0.25) is 19.5 Å². The Bertz CT molecular complexity index is 1000. The Labute approximate surface area is 204 Å². The van der Waals surface area contributed by atoms with Gasteiger partial charge in [0.25, 0.3) is 0 Å². The van der Waals surface area contributed by atoms with Crippen molar-refractivity contribution in [1.29, 1.82) is 0 Å². The summed E-state index contributed by atoms with van der Waals surface area (Å²) in [5, 5.41) is 10.7. The molecule has 4 unspecified atom stereocenters. The Kier molecular flexibility index (Phi) is 6.63. The molecule has 1 saturated heterocycles. The fourth-order valence-electron chi connectivity index (χ4n) is 5.07. The van der Waals surface area contributed by atoms with Crippen LogP contribution in [-0.4, -0.2) is 52.6 Å². The summed E-state index contributed by atoms with van der Waals surface area (Å²) in [6.45, 7) is 1.45. The van der Waals surface area contributed by atoms with Gasteiger partial charge < -0.3 is 10.6 Å². The summed E-state index contributed by atoms with van der Waals surface area (Å²) in [7, 11) is 1.70. The van der Waals surface area contributed by atoms with Gasteiger partial charge in [-0.2, -0.15) is 5.10 Å². The number of rotatable bonds is 6. The van der Waals surface area contributed by atoms with Crippen molar-refractivity contribution in [2.45, 2.75) is 13.0 Å². The minimum absolute atomic E-state index is 0. The van der Waals surface area contributed by atoms with Crippen LogP contribution in [0.25, 0.3) is 5.69 Å². The van der Waals surface area contributed by atoms with E-state index in [9.17, 15) is 9.59 Å². The summed E-state index contributed by atoms with van der Waals surface area (Å²) < 4.78 is 1.81. The summed E-state index contributed by atoms with van der Waals surface area (Å²) >= 11 is 0. The van der Waals surface area contributed by atoms with E-state index in [0.29, 0.717) is 25.6 Å². The first-order valence-corrected chi connectivity index (χ1v) is 10.7. The van der Waals surface area contributed by atoms with Gasteiger partial charge in [-0.05, 0) is 42.0 Å². The van der Waals surface area contributed by atoms with E-state index in [4.69, 9.17) is 0 Å². The zero-order valence-electron chi connectivity index (χ0n) is 17.8. The maximum Gasteiger partial charge on any atom is 0.233 e. The van der Waals surface area contributed by atoms with Gasteiger partial charge in [0.05, 0.1) is 17.5 Å². The molecular formula is C23H27IN6O2. The fraction of sp³-hybridized carbons (Fsp3) is 0.391. The van der Waals surface area contributed by atoms with Gasteiger partial charge in [-0.15, -0.1) is 24.0 Å². The van der Waals surface area contributed by atoms with Crippen LogP contribution in [0.1, 0.15) is 12.0 Å². The number of hydrogen-bond acceptors (Lipinski definition) is 4. The molecule has 32 heavy (non-hydrogen) atoms. The van der Waals surface area contributed by atoms with E-state index in [0.717, 1.165) is 17.7 Å². The monoisotopic (exact) mass is 546 g/mol. The molecule has 2 amide bonds. The lowest BCUT2D eigenvalue weighted by Crippen LogP contribution is -2.43. The average Bonchev–Trinajstić information content (AvgIpc) is 3.58. The Balaban J connectivity index is 0.00000245. The first kappa shape index (κ1) is 22.5. The second-order valence-corrected chi connectivity index (χ2v) is 8.30. The number of benzene rings is 1. The molecule has 1 saturated carbocycles. The highest BCUT2D eigenvalue weighted by Crippen LogP contribution is 2.52. The summed E-state index contributed by atoms with van der Waals surface area (Å²) in [6.07, 6.45) is 8.85. The molecule has 168 valence electrons. The molecule has 4 atom stereocenters. The standard InChI is InChI=1S/C23H26N6O2.HI/c1-24-23(26-14-15-3-7-18(8-4-15)29-11-2-9-27-29)25-10-12-28-21(30)19-16-5-6-17(13-16)20(19)22(28)31;/h2-9,11,16-17,19-20H,10,12-14H2,1H3,(H2,24,25,26);1H. The number of carbonyl (C=O) groups excluding carboxylic acids is 2. The third-order valence-corrected chi connectivity index (χ3v) is 6.58. The molecule has 2 fully saturated rings. The number of hydrogen-bond donors (Lipinski definition) is 2. The number of amides is 2. The van der Waals surface area contributed by atoms with E-state index < -0.39 is 0 Å². The van der Waals surface area contributed by atoms with Gasteiger partial charge in [0.2, 0.25) is 11.8 Å². The van der Waals surface area contributed by atoms with Gasteiger partial charge in [0.1, 0.15) is 0 Å². The van der Waals surface area contributed by atoms with E-state index >= 15 is 0 Å². The van der Waals surface area contributed by atoms with E-state index in [1.165, 1.54) is 4.90 Å². The topological polar surface area (TPSA) is 91.6 Å². The van der Waals surface area contributed by atoms with Crippen molar-refractivity contribution in [3.05, 3.63) is 60.4 Å². The predicted octanol–water partition coefficient (Wildman–Crippen LogP) is 1.96. The summed E-state index contributed by atoms with van der Waals surface area (Å²) in [5.74, 6) is 0.853. The lowest BCUT2D eigenvalue weighted by atomic mass is 9.85. The molecule has 1 aromatic carbocycles. The number of nitrogens with zero attached hydrogens (tertiary/aromatic N) is 4. The van der Waals surface area contributed by atoms with E-state index in [1.807, 2.05) is 41.2 Å². The van der Waals surface area contributed by atoms with Crippen molar-refractivity contribution in [2.75, 3.05) is 20.1 Å². The SMILES string of the molecule is CN=C(NCCN1C(=O)C2C3C=CC(C3)C2C1=O)NCc1ccc(-n2cccn2)cc1.I. The van der Waals surface area contributed by atoms with E-state index in [2.05, 4.69) is 32.9 Å². The highest BCUT2D eigenvalue weighted by molar-refractivity contribution is 14.0. The molecule has 8 nitrogen and oxygen atoms in total. The number of halogens is 1. The molecule has 2 heterocycles. The Hall–Kier alpha value is -2.69. The van der Waals surface area contributed by atoms with Crippen LogP contribution in [0.15, 0.2) is 59.9 Å². The van der Waals surface area contributed by atoms with Crippen LogP contribution in [0.2, 0.25) is 0 Å². The van der Waals surface area contributed by atoms with Crippen LogP contribution in [0, 0.1) is 23.7 Å². The Morgan fingerprint density at radius 2 is 1.78 bits per heavy atom. The molecule has 2 aliphatic carbocycles. The molecule has 2 N–H and O–H groups in total. The molecule has 5 rings (SSSR count). The lowest BCUT2D eigenvalue weighted by molar-refractivity contribution is -0.140. The zero-order chi connectivity index (χ0) is 21.4. The number of imide groups is 1. The number of aromatic nitrogens is 2. The van der Waals surface area contributed by atoms with Crippen molar-refractivity contribution in [1.82, 2.24) is 25.3 Å². The van der Waals surface area contributed by atoms with Crippen molar-refractivity contribution >= 4 is 41.8 Å². The number of nitrogens with one attached hydrogen (secondary N) is 2. The Morgan fingerprint density at radius 3 is 2.38 bits per heavy atom. The minimum atomic E-state index is -0.135. The van der Waals surface area contributed by atoms with Crippen molar-refractivity contribution in [2.24, 2.45) is 28.7 Å². The van der Waals surface area contributed by atoms with Crippen LogP contribution in [0.3, 0.4) is 0 Å². The van der Waals surface area contributed by atoms with Crippen molar-refractivity contribution < 1.29 is 9.59 Å². The third-order valence-electron chi connectivity index (χ3n) is 6.58. The number of aliphatic imine (C=N–C) groups is 1. The molecule has 0 spiro atoms. The van der Waals surface area contributed by atoms with Crippen LogP contribution < -0.4 is 10.6 Å². The van der Waals surface area contributed by atoms with Crippen LogP contribution in [-0.2, 0) is 16.1 Å². The van der Waals surface area contributed by atoms with Gasteiger partial charge >= 0.3 is 0 Å². The molecule has 1 aliphatic heterocycles. The maximum absolute atomic E-state index is 12.7. The lowest BCUT2D eigenvalue weighted by Gasteiger charge is -2.18. The smallest absolute Gasteiger partial charge is 0.233 e. The highest BCUT2D eigenvalue weighted by atomic mass is 127. The minimum Gasteiger partial charge on any atom is -0.355 e. The zero-order valence-corrected chi connectivity index (χ0v) is 20.2.